The van der Waals surface area contributed by atoms with E-state index < -0.39 is 5.97 Å². The van der Waals surface area contributed by atoms with Gasteiger partial charge in [-0.3, -0.25) is 14.3 Å². The molecule has 0 amide bonds. The van der Waals surface area contributed by atoms with E-state index in [9.17, 15) is 9.59 Å². The third-order valence-corrected chi connectivity index (χ3v) is 4.37. The van der Waals surface area contributed by atoms with E-state index in [0.717, 1.165) is 11.1 Å². The predicted octanol–water partition coefficient (Wildman–Crippen LogP) is 0.292. The molecule has 0 fully saturated rings. The van der Waals surface area contributed by atoms with Crippen LogP contribution in [0.3, 0.4) is 0 Å². The van der Waals surface area contributed by atoms with Gasteiger partial charge in [-0.25, -0.2) is 4.79 Å². The minimum Gasteiger partial charge on any atom is -0.480 e. The number of fused-ring (bicyclic) bond motifs is 1. The van der Waals surface area contributed by atoms with E-state index in [1.54, 1.807) is 19.1 Å². The van der Waals surface area contributed by atoms with Gasteiger partial charge in [0.15, 0.2) is 11.5 Å². The molecule has 0 spiro atoms. The molecule has 0 aliphatic rings. The van der Waals surface area contributed by atoms with Crippen LogP contribution in [0.2, 0.25) is 0 Å². The predicted molar refractivity (Wildman–Crippen MR) is 109 cm³/mol. The van der Waals surface area contributed by atoms with Gasteiger partial charge in [-0.2, -0.15) is 9.97 Å². The topological polar surface area (TPSA) is 149 Å². The molecule has 1 aromatic carbocycles. The molecule has 3 rings (SSSR count). The number of carboxylic acids is 1. The Morgan fingerprint density at radius 3 is 2.60 bits per heavy atom. The van der Waals surface area contributed by atoms with Crippen LogP contribution < -0.4 is 16.2 Å². The molecule has 11 nitrogen and oxygen atoms in total. The molecule has 0 aliphatic heterocycles. The number of rotatable bonds is 10. The van der Waals surface area contributed by atoms with Crippen LogP contribution in [0.1, 0.15) is 11.1 Å². The van der Waals surface area contributed by atoms with Crippen LogP contribution in [0.15, 0.2) is 29.1 Å². The standard InChI is InChI=1S/C19H24N6O5/c1-24(11-14(26)27)9-12-3-5-13(6-4-12)10-25-17-15(21-19(25)28)16(20)22-18(23-17)30-8-7-29-2/h3-6H,7-11H2,1-2H3,(H,21,28)(H,26,27)(H2,20,22,23). The average Bonchev–Trinajstić information content (AvgIpc) is 2.99. The van der Waals surface area contributed by atoms with Gasteiger partial charge in [0, 0.05) is 13.7 Å². The van der Waals surface area contributed by atoms with Crippen molar-refractivity contribution >= 4 is 23.0 Å². The number of aliphatic carboxylic acids is 1. The molecule has 0 unspecified atom stereocenters. The molecular formula is C19H24N6O5. The van der Waals surface area contributed by atoms with Crippen molar-refractivity contribution in [1.29, 1.82) is 0 Å². The number of nitrogens with zero attached hydrogens (tertiary/aromatic N) is 4. The second-order valence-electron chi connectivity index (χ2n) is 6.83. The molecule has 11 heteroatoms. The zero-order valence-corrected chi connectivity index (χ0v) is 16.8. The number of methoxy groups -OCH3 is 1. The second kappa shape index (κ2) is 9.37. The number of aromatic amines is 1. The number of hydrogen-bond acceptors (Lipinski definition) is 8. The SMILES string of the molecule is COCCOc1nc(N)c2[nH]c(=O)n(Cc3ccc(CN(C)CC(=O)O)cc3)c2n1. The highest BCUT2D eigenvalue weighted by Crippen LogP contribution is 2.18. The van der Waals surface area contributed by atoms with E-state index >= 15 is 0 Å². The highest BCUT2D eigenvalue weighted by atomic mass is 16.5. The summed E-state index contributed by atoms with van der Waals surface area (Å²) in [7, 11) is 3.30. The van der Waals surface area contributed by atoms with Gasteiger partial charge >= 0.3 is 17.7 Å². The molecular weight excluding hydrogens is 392 g/mol. The van der Waals surface area contributed by atoms with Crippen molar-refractivity contribution < 1.29 is 19.4 Å². The molecule has 0 radical (unpaired) electrons. The fourth-order valence-electron chi connectivity index (χ4n) is 2.99. The van der Waals surface area contributed by atoms with E-state index in [0.29, 0.717) is 24.3 Å². The number of imidazole rings is 1. The summed E-state index contributed by atoms with van der Waals surface area (Å²) in [6.45, 7) is 1.37. The minimum atomic E-state index is -0.875. The number of hydrogen-bond donors (Lipinski definition) is 3. The number of H-pyrrole nitrogens is 1. The first-order valence-electron chi connectivity index (χ1n) is 9.23. The normalized spacial score (nSPS) is 11.3. The number of ether oxygens (including phenoxy) is 2. The number of likely N-dealkylation sites (N-methyl/N-ethyl adjacent to an activating group) is 1. The zero-order valence-electron chi connectivity index (χ0n) is 16.8. The summed E-state index contributed by atoms with van der Waals surface area (Å²) in [6.07, 6.45) is 0. The van der Waals surface area contributed by atoms with Crippen molar-refractivity contribution in [3.63, 3.8) is 0 Å². The number of carboxylic acid groups (broad SMARTS) is 1. The maximum absolute atomic E-state index is 12.4. The second-order valence-corrected chi connectivity index (χ2v) is 6.83. The van der Waals surface area contributed by atoms with Crippen LogP contribution in [0.4, 0.5) is 5.82 Å². The number of benzene rings is 1. The van der Waals surface area contributed by atoms with Gasteiger partial charge < -0.3 is 25.3 Å². The van der Waals surface area contributed by atoms with E-state index in [1.807, 2.05) is 24.3 Å². The molecule has 0 atom stereocenters. The van der Waals surface area contributed by atoms with Crippen molar-refractivity contribution in [2.75, 3.05) is 39.6 Å². The van der Waals surface area contributed by atoms with Crippen molar-refractivity contribution in [1.82, 2.24) is 24.4 Å². The summed E-state index contributed by atoms with van der Waals surface area (Å²) in [5, 5.41) is 8.85. The number of carbonyl (C=O) groups is 1. The highest BCUT2D eigenvalue weighted by Gasteiger charge is 2.15. The largest absolute Gasteiger partial charge is 0.480 e. The van der Waals surface area contributed by atoms with E-state index in [4.69, 9.17) is 20.3 Å². The number of nitrogens with one attached hydrogen (secondary N) is 1. The summed E-state index contributed by atoms with van der Waals surface area (Å²) in [6, 6.07) is 7.64. The highest BCUT2D eigenvalue weighted by molar-refractivity contribution is 5.81. The van der Waals surface area contributed by atoms with Gasteiger partial charge in [0.25, 0.3) is 0 Å². The van der Waals surface area contributed by atoms with Crippen molar-refractivity contribution in [3.05, 3.63) is 45.9 Å². The smallest absolute Gasteiger partial charge is 0.328 e. The van der Waals surface area contributed by atoms with Crippen LogP contribution in [0.5, 0.6) is 6.01 Å². The van der Waals surface area contributed by atoms with Gasteiger partial charge in [-0.05, 0) is 18.2 Å². The summed E-state index contributed by atoms with van der Waals surface area (Å²) >= 11 is 0. The van der Waals surface area contributed by atoms with Crippen LogP contribution in [0.25, 0.3) is 11.2 Å². The fraction of sp³-hybridized carbons (Fsp3) is 0.368. The molecule has 0 saturated heterocycles. The molecule has 4 N–H and O–H groups in total. The molecule has 0 aliphatic carbocycles. The number of nitrogens with two attached hydrogens (primary N) is 1. The number of aromatic nitrogens is 4. The van der Waals surface area contributed by atoms with E-state index in [2.05, 4.69) is 15.0 Å². The third-order valence-electron chi connectivity index (χ3n) is 4.37. The van der Waals surface area contributed by atoms with Crippen molar-refractivity contribution in [2.45, 2.75) is 13.1 Å². The first kappa shape index (κ1) is 21.3. The van der Waals surface area contributed by atoms with Gasteiger partial charge in [0.1, 0.15) is 12.1 Å². The van der Waals surface area contributed by atoms with Crippen LogP contribution in [-0.4, -0.2) is 69.4 Å². The first-order chi connectivity index (χ1) is 14.4. The van der Waals surface area contributed by atoms with Crippen LogP contribution in [-0.2, 0) is 22.6 Å². The summed E-state index contributed by atoms with van der Waals surface area (Å²) in [5.74, 6) is -0.750. The molecule has 0 bridgehead atoms. The average molecular weight is 416 g/mol. The Morgan fingerprint density at radius 1 is 1.23 bits per heavy atom. The Hall–Kier alpha value is -3.44. The van der Waals surface area contributed by atoms with E-state index in [-0.39, 0.29) is 37.2 Å². The molecule has 3 aromatic rings. The molecule has 0 saturated carbocycles. The van der Waals surface area contributed by atoms with Crippen LogP contribution in [0, 0.1) is 0 Å². The van der Waals surface area contributed by atoms with Gasteiger partial charge in [0.2, 0.25) is 0 Å². The maximum atomic E-state index is 12.4. The lowest BCUT2D eigenvalue weighted by atomic mass is 10.1. The Balaban J connectivity index is 1.80. The van der Waals surface area contributed by atoms with Crippen molar-refractivity contribution in [3.8, 4) is 6.01 Å². The monoisotopic (exact) mass is 416 g/mol. The van der Waals surface area contributed by atoms with Gasteiger partial charge in [0.05, 0.1) is 19.7 Å². The number of anilines is 1. The molecule has 2 heterocycles. The summed E-state index contributed by atoms with van der Waals surface area (Å²) in [5.41, 5.74) is 8.14. The lowest BCUT2D eigenvalue weighted by molar-refractivity contribution is -0.138. The van der Waals surface area contributed by atoms with Crippen molar-refractivity contribution in [2.24, 2.45) is 0 Å². The fourth-order valence-corrected chi connectivity index (χ4v) is 2.99. The summed E-state index contributed by atoms with van der Waals surface area (Å²) in [4.78, 5) is 36.0. The van der Waals surface area contributed by atoms with Gasteiger partial charge in [-0.1, -0.05) is 24.3 Å². The zero-order chi connectivity index (χ0) is 21.7. The molecule has 160 valence electrons. The Labute approximate surface area is 172 Å². The Morgan fingerprint density at radius 2 is 1.93 bits per heavy atom. The molecule has 2 aromatic heterocycles. The number of nitrogen functional groups attached to an aromatic ring is 1. The molecule has 30 heavy (non-hydrogen) atoms. The quantitative estimate of drug-likeness (QED) is 0.396. The van der Waals surface area contributed by atoms with Gasteiger partial charge in [-0.15, -0.1) is 0 Å². The van der Waals surface area contributed by atoms with Crippen LogP contribution >= 0.6 is 0 Å². The lowest BCUT2D eigenvalue weighted by Gasteiger charge is -2.14. The maximum Gasteiger partial charge on any atom is 0.328 e. The van der Waals surface area contributed by atoms with E-state index in [1.165, 1.54) is 4.57 Å². The Kier molecular flexibility index (Phi) is 6.65. The Bertz CT molecular complexity index is 1080. The third kappa shape index (κ3) is 5.13. The minimum absolute atomic E-state index is 0.0393. The lowest BCUT2D eigenvalue weighted by Crippen LogP contribution is -2.25. The first-order valence-corrected chi connectivity index (χ1v) is 9.23. The summed E-state index contributed by atoms with van der Waals surface area (Å²) < 4.78 is 11.8.